The lowest BCUT2D eigenvalue weighted by molar-refractivity contribution is -0.133. The van der Waals surface area contributed by atoms with Crippen molar-refractivity contribution < 1.29 is 17.6 Å². The van der Waals surface area contributed by atoms with Gasteiger partial charge in [-0.1, -0.05) is 36.2 Å². The van der Waals surface area contributed by atoms with Crippen LogP contribution >= 0.6 is 34.5 Å². The molecule has 0 fully saturated rings. The topological polar surface area (TPSA) is 57.7 Å². The summed E-state index contributed by atoms with van der Waals surface area (Å²) in [5.74, 6) is -0.869. The molecule has 1 amide bonds. The van der Waals surface area contributed by atoms with E-state index in [1.54, 1.807) is 41.4 Å². The molecule has 33 heavy (non-hydrogen) atoms. The van der Waals surface area contributed by atoms with Crippen molar-refractivity contribution in [3.63, 3.8) is 0 Å². The summed E-state index contributed by atoms with van der Waals surface area (Å²) in [7, 11) is -3.97. The average molecular weight is 527 g/mol. The molecule has 2 aromatic carbocycles. The summed E-state index contributed by atoms with van der Waals surface area (Å²) in [6, 6.07) is 11.3. The molecule has 174 valence electrons. The number of sulfonamides is 1. The minimum Gasteiger partial charge on any atom is -0.330 e. The van der Waals surface area contributed by atoms with E-state index in [9.17, 15) is 17.6 Å². The maximum atomic E-state index is 13.5. The molecule has 1 unspecified atom stereocenters. The molecular weight excluding hydrogens is 506 g/mol. The molecule has 0 bridgehead atoms. The van der Waals surface area contributed by atoms with E-state index in [0.717, 1.165) is 27.6 Å². The van der Waals surface area contributed by atoms with Crippen LogP contribution in [0.4, 0.5) is 4.39 Å². The molecule has 0 spiro atoms. The SMILES string of the molecule is CCN(CC(=O)N1CCc2sccc2C1c1ccc(Cl)cc1Cl)S(=O)(=O)c1ccc(F)cc1. The third kappa shape index (κ3) is 4.81. The highest BCUT2D eigenvalue weighted by Crippen LogP contribution is 2.41. The quantitative estimate of drug-likeness (QED) is 0.433. The Kier molecular flexibility index (Phi) is 7.12. The summed E-state index contributed by atoms with van der Waals surface area (Å²) in [5, 5.41) is 2.91. The number of hydrogen-bond donors (Lipinski definition) is 0. The molecule has 1 aromatic heterocycles. The van der Waals surface area contributed by atoms with Crippen LogP contribution in [0.25, 0.3) is 0 Å². The van der Waals surface area contributed by atoms with Crippen LogP contribution in [-0.4, -0.2) is 43.2 Å². The lowest BCUT2D eigenvalue weighted by atomic mass is 9.93. The van der Waals surface area contributed by atoms with Crippen molar-refractivity contribution >= 4 is 50.5 Å². The van der Waals surface area contributed by atoms with Crippen molar-refractivity contribution in [2.45, 2.75) is 24.3 Å². The predicted molar refractivity (Wildman–Crippen MR) is 129 cm³/mol. The molecular formula is C23H21Cl2FN2O3S2. The number of benzene rings is 2. The first kappa shape index (κ1) is 24.2. The first-order valence-electron chi connectivity index (χ1n) is 10.3. The Balaban J connectivity index is 1.66. The molecule has 0 radical (unpaired) electrons. The van der Waals surface area contributed by atoms with Gasteiger partial charge in [0, 0.05) is 28.0 Å². The largest absolute Gasteiger partial charge is 0.330 e. The number of amides is 1. The van der Waals surface area contributed by atoms with E-state index in [4.69, 9.17) is 23.2 Å². The minimum atomic E-state index is -3.97. The molecule has 1 aliphatic rings. The molecule has 0 saturated heterocycles. The third-order valence-electron chi connectivity index (χ3n) is 5.66. The molecule has 2 heterocycles. The van der Waals surface area contributed by atoms with Crippen LogP contribution < -0.4 is 0 Å². The van der Waals surface area contributed by atoms with Gasteiger partial charge in [-0.2, -0.15) is 4.31 Å². The predicted octanol–water partition coefficient (Wildman–Crippen LogP) is 5.38. The number of rotatable bonds is 6. The second-order valence-corrected chi connectivity index (χ2v) is 11.4. The van der Waals surface area contributed by atoms with Crippen LogP contribution in [0.15, 0.2) is 58.8 Å². The Morgan fingerprint density at radius 3 is 2.55 bits per heavy atom. The summed E-state index contributed by atoms with van der Waals surface area (Å²) in [6.45, 7) is 1.85. The van der Waals surface area contributed by atoms with Gasteiger partial charge in [0.1, 0.15) is 5.82 Å². The van der Waals surface area contributed by atoms with Gasteiger partial charge in [-0.25, -0.2) is 12.8 Å². The van der Waals surface area contributed by atoms with E-state index in [-0.39, 0.29) is 23.9 Å². The Bertz CT molecular complexity index is 1280. The zero-order valence-corrected chi connectivity index (χ0v) is 20.8. The maximum absolute atomic E-state index is 13.5. The Hall–Kier alpha value is -1.97. The van der Waals surface area contributed by atoms with Crippen LogP contribution in [0.1, 0.15) is 29.0 Å². The standard InChI is InChI=1S/C23H21Cl2FN2O3S2/c1-2-27(33(30,31)17-6-4-16(26)5-7-17)14-22(29)28-11-9-21-19(10-12-32-21)23(28)18-8-3-15(24)13-20(18)25/h3-8,10,12-13,23H,2,9,11,14H2,1H3. The lowest BCUT2D eigenvalue weighted by Gasteiger charge is -2.37. The van der Waals surface area contributed by atoms with Crippen LogP contribution in [0.5, 0.6) is 0 Å². The third-order valence-corrected chi connectivity index (χ3v) is 9.15. The maximum Gasteiger partial charge on any atom is 0.243 e. The van der Waals surface area contributed by atoms with Crippen LogP contribution in [-0.2, 0) is 21.2 Å². The molecule has 5 nitrogen and oxygen atoms in total. The zero-order valence-electron chi connectivity index (χ0n) is 17.7. The monoisotopic (exact) mass is 526 g/mol. The summed E-state index contributed by atoms with van der Waals surface area (Å²) in [6.07, 6.45) is 0.678. The van der Waals surface area contributed by atoms with Crippen molar-refractivity contribution in [2.24, 2.45) is 0 Å². The van der Waals surface area contributed by atoms with E-state index in [1.165, 1.54) is 17.0 Å². The molecule has 1 atom stereocenters. The Labute approximate surface area is 206 Å². The van der Waals surface area contributed by atoms with Gasteiger partial charge >= 0.3 is 0 Å². The van der Waals surface area contributed by atoms with Gasteiger partial charge in [0.25, 0.3) is 0 Å². The second-order valence-electron chi connectivity index (χ2n) is 7.59. The molecule has 0 aliphatic carbocycles. The fourth-order valence-electron chi connectivity index (χ4n) is 4.01. The summed E-state index contributed by atoms with van der Waals surface area (Å²) < 4.78 is 40.6. The zero-order chi connectivity index (χ0) is 23.8. The fraction of sp³-hybridized carbons (Fsp3) is 0.261. The van der Waals surface area contributed by atoms with Crippen molar-refractivity contribution in [2.75, 3.05) is 19.6 Å². The van der Waals surface area contributed by atoms with Gasteiger partial charge in [0.2, 0.25) is 15.9 Å². The molecule has 10 heteroatoms. The van der Waals surface area contributed by atoms with E-state index < -0.39 is 21.9 Å². The fourth-order valence-corrected chi connectivity index (χ4v) is 6.82. The summed E-state index contributed by atoms with van der Waals surface area (Å²) in [5.41, 5.74) is 1.71. The van der Waals surface area contributed by atoms with Gasteiger partial charge in [0.05, 0.1) is 17.5 Å². The summed E-state index contributed by atoms with van der Waals surface area (Å²) in [4.78, 5) is 16.3. The molecule has 3 aromatic rings. The molecule has 0 saturated carbocycles. The highest BCUT2D eigenvalue weighted by Gasteiger charge is 2.36. The smallest absolute Gasteiger partial charge is 0.243 e. The number of likely N-dealkylation sites (N-methyl/N-ethyl adjacent to an activating group) is 1. The Morgan fingerprint density at radius 1 is 1.15 bits per heavy atom. The average Bonchev–Trinajstić information content (AvgIpc) is 3.26. The summed E-state index contributed by atoms with van der Waals surface area (Å²) >= 11 is 14.2. The van der Waals surface area contributed by atoms with Gasteiger partial charge < -0.3 is 4.90 Å². The van der Waals surface area contributed by atoms with E-state index >= 15 is 0 Å². The van der Waals surface area contributed by atoms with Gasteiger partial charge in [-0.3, -0.25) is 4.79 Å². The van der Waals surface area contributed by atoms with Gasteiger partial charge in [-0.15, -0.1) is 11.3 Å². The normalized spacial score (nSPS) is 16.2. The number of hydrogen-bond acceptors (Lipinski definition) is 4. The molecule has 4 rings (SSSR count). The lowest BCUT2D eigenvalue weighted by Crippen LogP contribution is -2.46. The van der Waals surface area contributed by atoms with E-state index in [1.807, 2.05) is 11.4 Å². The molecule has 1 aliphatic heterocycles. The van der Waals surface area contributed by atoms with Crippen LogP contribution in [0.3, 0.4) is 0 Å². The highest BCUT2D eigenvalue weighted by molar-refractivity contribution is 7.89. The van der Waals surface area contributed by atoms with E-state index in [0.29, 0.717) is 23.0 Å². The van der Waals surface area contributed by atoms with Crippen molar-refractivity contribution in [3.8, 4) is 0 Å². The van der Waals surface area contributed by atoms with Crippen molar-refractivity contribution in [1.82, 2.24) is 9.21 Å². The first-order valence-corrected chi connectivity index (χ1v) is 13.4. The number of halogens is 3. The number of fused-ring (bicyclic) bond motifs is 1. The van der Waals surface area contributed by atoms with Crippen molar-refractivity contribution in [1.29, 1.82) is 0 Å². The highest BCUT2D eigenvalue weighted by atomic mass is 35.5. The van der Waals surface area contributed by atoms with Crippen LogP contribution in [0, 0.1) is 5.82 Å². The minimum absolute atomic E-state index is 0.0605. The van der Waals surface area contributed by atoms with E-state index in [2.05, 4.69) is 0 Å². The number of carbonyl (C=O) groups is 1. The van der Waals surface area contributed by atoms with Crippen LogP contribution in [0.2, 0.25) is 10.0 Å². The number of thiophene rings is 1. The number of nitrogens with zero attached hydrogens (tertiary/aromatic N) is 2. The number of carbonyl (C=O) groups excluding carboxylic acids is 1. The molecule has 0 N–H and O–H groups in total. The van der Waals surface area contributed by atoms with Gasteiger partial charge in [-0.05, 0) is 65.4 Å². The first-order chi connectivity index (χ1) is 15.7. The van der Waals surface area contributed by atoms with Crippen molar-refractivity contribution in [3.05, 3.63) is 85.8 Å². The second kappa shape index (κ2) is 9.72. The Morgan fingerprint density at radius 2 is 1.88 bits per heavy atom. The van der Waals surface area contributed by atoms with Gasteiger partial charge in [0.15, 0.2) is 0 Å².